The molecule has 2 aromatic rings. The molecule has 4 heteroatoms. The Morgan fingerprint density at radius 1 is 1.38 bits per heavy atom. The Balaban J connectivity index is 2.36. The summed E-state index contributed by atoms with van der Waals surface area (Å²) in [5.41, 5.74) is 1.42. The molecule has 0 amide bonds. The van der Waals surface area contributed by atoms with Crippen LogP contribution in [0.5, 0.6) is 5.75 Å². The van der Waals surface area contributed by atoms with E-state index in [1.54, 1.807) is 7.11 Å². The van der Waals surface area contributed by atoms with E-state index in [4.69, 9.17) is 4.74 Å². The van der Waals surface area contributed by atoms with Crippen LogP contribution in [0.3, 0.4) is 0 Å². The number of methoxy groups -OCH3 is 1. The van der Waals surface area contributed by atoms with Gasteiger partial charge in [-0.25, -0.2) is 4.98 Å². The third-order valence-corrected chi connectivity index (χ3v) is 3.14. The number of thiazole rings is 1. The van der Waals surface area contributed by atoms with Crippen LogP contribution in [0, 0.1) is 6.92 Å². The molecule has 84 valence electrons. The van der Waals surface area contributed by atoms with Gasteiger partial charge in [-0.3, -0.25) is 0 Å². The average molecular weight is 235 g/mol. The lowest BCUT2D eigenvalue weighted by Crippen LogP contribution is -2.02. The molecule has 0 aliphatic heterocycles. The normalized spacial score (nSPS) is 12.4. The van der Waals surface area contributed by atoms with Crippen molar-refractivity contribution in [3.05, 3.63) is 45.9 Å². The van der Waals surface area contributed by atoms with Gasteiger partial charge in [0.2, 0.25) is 0 Å². The zero-order valence-corrected chi connectivity index (χ0v) is 9.99. The summed E-state index contributed by atoms with van der Waals surface area (Å²) in [5.74, 6) is 0.681. The Morgan fingerprint density at radius 2 is 2.12 bits per heavy atom. The van der Waals surface area contributed by atoms with Crippen molar-refractivity contribution in [2.45, 2.75) is 13.0 Å². The van der Waals surface area contributed by atoms with Crippen LogP contribution in [0.4, 0.5) is 0 Å². The highest BCUT2D eigenvalue weighted by Gasteiger charge is 2.16. The highest BCUT2D eigenvalue weighted by molar-refractivity contribution is 7.09. The van der Waals surface area contributed by atoms with Gasteiger partial charge in [-0.1, -0.05) is 18.2 Å². The van der Waals surface area contributed by atoms with Gasteiger partial charge >= 0.3 is 0 Å². The number of para-hydroxylation sites is 1. The summed E-state index contributed by atoms with van der Waals surface area (Å²) in [6.07, 6.45) is -0.721. The first-order valence-corrected chi connectivity index (χ1v) is 5.83. The fourth-order valence-electron chi connectivity index (χ4n) is 1.56. The molecule has 0 saturated heterocycles. The smallest absolute Gasteiger partial charge is 0.125 e. The summed E-state index contributed by atoms with van der Waals surface area (Å²) in [7, 11) is 1.60. The SMILES string of the molecule is COc1ccccc1C(O)c1csc(C)n1. The van der Waals surface area contributed by atoms with Crippen molar-refractivity contribution in [3.63, 3.8) is 0 Å². The number of aromatic nitrogens is 1. The van der Waals surface area contributed by atoms with Gasteiger partial charge in [0.05, 0.1) is 17.8 Å². The zero-order chi connectivity index (χ0) is 11.5. The van der Waals surface area contributed by atoms with E-state index in [1.165, 1.54) is 11.3 Å². The van der Waals surface area contributed by atoms with Crippen LogP contribution in [-0.4, -0.2) is 17.2 Å². The van der Waals surface area contributed by atoms with Crippen LogP contribution in [0.25, 0.3) is 0 Å². The molecular weight excluding hydrogens is 222 g/mol. The predicted octanol–water partition coefficient (Wildman–Crippen LogP) is 2.54. The molecule has 0 aliphatic carbocycles. The third-order valence-electron chi connectivity index (χ3n) is 2.35. The molecule has 1 N–H and O–H groups in total. The first-order valence-electron chi connectivity index (χ1n) is 4.95. The number of hydrogen-bond donors (Lipinski definition) is 1. The van der Waals surface area contributed by atoms with E-state index in [-0.39, 0.29) is 0 Å². The van der Waals surface area contributed by atoms with Gasteiger partial charge in [0.25, 0.3) is 0 Å². The fourth-order valence-corrected chi connectivity index (χ4v) is 2.19. The maximum absolute atomic E-state index is 10.2. The predicted molar refractivity (Wildman–Crippen MR) is 63.9 cm³/mol. The lowest BCUT2D eigenvalue weighted by Gasteiger charge is -2.12. The highest BCUT2D eigenvalue weighted by Crippen LogP contribution is 2.29. The van der Waals surface area contributed by atoms with Crippen LogP contribution < -0.4 is 4.74 Å². The third kappa shape index (κ3) is 2.08. The standard InChI is InChI=1S/C12H13NO2S/c1-8-13-10(7-16-8)12(14)9-5-3-4-6-11(9)15-2/h3-7,12,14H,1-2H3. The molecule has 1 unspecified atom stereocenters. The largest absolute Gasteiger partial charge is 0.496 e. The summed E-state index contributed by atoms with van der Waals surface area (Å²) in [5, 5.41) is 13.0. The molecule has 0 aliphatic rings. The number of aryl methyl sites for hydroxylation is 1. The second kappa shape index (κ2) is 4.63. The summed E-state index contributed by atoms with van der Waals surface area (Å²) >= 11 is 1.53. The van der Waals surface area contributed by atoms with Crippen molar-refractivity contribution in [2.24, 2.45) is 0 Å². The fraction of sp³-hybridized carbons (Fsp3) is 0.250. The Hall–Kier alpha value is -1.39. The molecule has 0 spiro atoms. The summed E-state index contributed by atoms with van der Waals surface area (Å²) in [6.45, 7) is 1.92. The van der Waals surface area contributed by atoms with Crippen molar-refractivity contribution in [3.8, 4) is 5.75 Å². The van der Waals surface area contributed by atoms with E-state index in [1.807, 2.05) is 36.6 Å². The van der Waals surface area contributed by atoms with Crippen LogP contribution >= 0.6 is 11.3 Å². The van der Waals surface area contributed by atoms with Crippen LogP contribution in [0.2, 0.25) is 0 Å². The molecule has 1 aromatic heterocycles. The molecule has 0 bridgehead atoms. The van der Waals surface area contributed by atoms with E-state index < -0.39 is 6.10 Å². The second-order valence-electron chi connectivity index (χ2n) is 3.44. The van der Waals surface area contributed by atoms with Crippen molar-refractivity contribution < 1.29 is 9.84 Å². The number of aliphatic hydroxyl groups is 1. The first-order chi connectivity index (χ1) is 7.72. The average Bonchev–Trinajstić information content (AvgIpc) is 2.75. The molecule has 1 heterocycles. The number of benzene rings is 1. The van der Waals surface area contributed by atoms with E-state index in [2.05, 4.69) is 4.98 Å². The van der Waals surface area contributed by atoms with Gasteiger partial charge in [0, 0.05) is 10.9 Å². The maximum Gasteiger partial charge on any atom is 0.125 e. The molecule has 0 radical (unpaired) electrons. The lowest BCUT2D eigenvalue weighted by molar-refractivity contribution is 0.210. The minimum atomic E-state index is -0.721. The van der Waals surface area contributed by atoms with Crippen LogP contribution in [0.15, 0.2) is 29.6 Å². The zero-order valence-electron chi connectivity index (χ0n) is 9.18. The molecule has 1 atom stereocenters. The molecule has 3 nitrogen and oxygen atoms in total. The molecule has 16 heavy (non-hydrogen) atoms. The Labute approximate surface area is 98.4 Å². The summed E-state index contributed by atoms with van der Waals surface area (Å²) < 4.78 is 5.21. The van der Waals surface area contributed by atoms with Crippen molar-refractivity contribution in [2.75, 3.05) is 7.11 Å². The van der Waals surface area contributed by atoms with E-state index in [0.717, 1.165) is 10.6 Å². The van der Waals surface area contributed by atoms with Gasteiger partial charge in [-0.2, -0.15) is 0 Å². The van der Waals surface area contributed by atoms with Gasteiger partial charge in [0.15, 0.2) is 0 Å². The molecule has 0 saturated carbocycles. The summed E-state index contributed by atoms with van der Waals surface area (Å²) in [6, 6.07) is 7.43. The molecule has 1 aromatic carbocycles. The van der Waals surface area contributed by atoms with Crippen LogP contribution in [0.1, 0.15) is 22.4 Å². The van der Waals surface area contributed by atoms with E-state index in [0.29, 0.717) is 11.4 Å². The maximum atomic E-state index is 10.2. The Kier molecular flexibility index (Phi) is 3.22. The molecular formula is C12H13NO2S. The second-order valence-corrected chi connectivity index (χ2v) is 4.50. The Morgan fingerprint density at radius 3 is 2.75 bits per heavy atom. The Bertz CT molecular complexity index is 481. The van der Waals surface area contributed by atoms with Crippen molar-refractivity contribution >= 4 is 11.3 Å². The van der Waals surface area contributed by atoms with Gasteiger partial charge in [-0.05, 0) is 13.0 Å². The lowest BCUT2D eigenvalue weighted by atomic mass is 10.1. The number of nitrogens with zero attached hydrogens (tertiary/aromatic N) is 1. The van der Waals surface area contributed by atoms with E-state index >= 15 is 0 Å². The van der Waals surface area contributed by atoms with Gasteiger partial charge < -0.3 is 9.84 Å². The number of rotatable bonds is 3. The topological polar surface area (TPSA) is 42.4 Å². The highest BCUT2D eigenvalue weighted by atomic mass is 32.1. The quantitative estimate of drug-likeness (QED) is 0.889. The van der Waals surface area contributed by atoms with Crippen molar-refractivity contribution in [1.82, 2.24) is 4.98 Å². The minimum absolute atomic E-state index is 0.673. The monoisotopic (exact) mass is 235 g/mol. The molecule has 2 rings (SSSR count). The van der Waals surface area contributed by atoms with Gasteiger partial charge in [-0.15, -0.1) is 11.3 Å². The summed E-state index contributed by atoms with van der Waals surface area (Å²) in [4.78, 5) is 4.28. The number of aliphatic hydroxyl groups excluding tert-OH is 1. The van der Waals surface area contributed by atoms with Gasteiger partial charge in [0.1, 0.15) is 11.9 Å². The van der Waals surface area contributed by atoms with Crippen LogP contribution in [-0.2, 0) is 0 Å². The number of ether oxygens (including phenoxy) is 1. The van der Waals surface area contributed by atoms with Crippen molar-refractivity contribution in [1.29, 1.82) is 0 Å². The minimum Gasteiger partial charge on any atom is -0.496 e. The molecule has 0 fully saturated rings. The first kappa shape index (κ1) is 11.1. The van der Waals surface area contributed by atoms with E-state index in [9.17, 15) is 5.11 Å². The number of hydrogen-bond acceptors (Lipinski definition) is 4.